The SMILES string of the molecule is COC1(OC[C@H]2O[C@@H](n3cc(C)c(=O)n(CCCC[19F])c3=O)C[C@@H]2OC2(OC)CCCCC2)CCCCC1. The van der Waals surface area contributed by atoms with Crippen molar-refractivity contribution in [2.75, 3.05) is 27.5 Å². The average Bonchev–Trinajstić information content (AvgIpc) is 3.34. The van der Waals surface area contributed by atoms with Gasteiger partial charge in [-0.1, -0.05) is 12.8 Å². The van der Waals surface area contributed by atoms with Crippen LogP contribution in [-0.4, -0.2) is 60.4 Å². The van der Waals surface area contributed by atoms with Gasteiger partial charge in [0.25, 0.3) is 5.56 Å². The van der Waals surface area contributed by atoms with Gasteiger partial charge in [-0.05, 0) is 45.4 Å². The van der Waals surface area contributed by atoms with Crippen molar-refractivity contribution in [1.82, 2.24) is 9.13 Å². The average molecular weight is 541 g/mol. The number of aromatic nitrogens is 2. The highest BCUT2D eigenvalue weighted by atomic mass is 19.1. The standard InChI is InChI=1S/C28H45FN2O7/c1-21-19-31(26(33)30(25(21)32)17-11-10-16-29)24-18-22(38-28(35-3)14-8-5-9-15-28)23(37-24)20-36-27(34-2)12-6-4-7-13-27/h19,22-24H,4-18,20H2,1-3H3/t22-,23+,24+/m0/s1/i29+0. The second-order valence-corrected chi connectivity index (χ2v) is 11.0. The van der Waals surface area contributed by atoms with E-state index in [4.69, 9.17) is 23.7 Å². The molecule has 0 N–H and O–H groups in total. The summed E-state index contributed by atoms with van der Waals surface area (Å²) in [6, 6.07) is 0. The van der Waals surface area contributed by atoms with Gasteiger partial charge < -0.3 is 23.7 Å². The largest absolute Gasteiger partial charge is 0.353 e. The Bertz CT molecular complexity index is 1010. The molecule has 9 nitrogen and oxygen atoms in total. The molecule has 1 aliphatic heterocycles. The molecule has 0 spiro atoms. The third kappa shape index (κ3) is 6.58. The number of ether oxygens (including phenoxy) is 5. The predicted molar refractivity (Wildman–Crippen MR) is 140 cm³/mol. The van der Waals surface area contributed by atoms with Crippen LogP contribution in [0.5, 0.6) is 0 Å². The molecule has 216 valence electrons. The number of alkyl halides is 1. The van der Waals surface area contributed by atoms with Crippen LogP contribution in [-0.2, 0) is 30.2 Å². The van der Waals surface area contributed by atoms with E-state index in [1.165, 1.54) is 15.6 Å². The second-order valence-electron chi connectivity index (χ2n) is 11.0. The number of unbranched alkanes of at least 4 members (excludes halogenated alkanes) is 1. The molecule has 38 heavy (non-hydrogen) atoms. The molecule has 0 aromatic carbocycles. The van der Waals surface area contributed by atoms with Crippen LogP contribution in [0.25, 0.3) is 0 Å². The van der Waals surface area contributed by atoms with Crippen molar-refractivity contribution in [1.29, 1.82) is 0 Å². The second kappa shape index (κ2) is 13.2. The number of rotatable bonds is 12. The summed E-state index contributed by atoms with van der Waals surface area (Å²) in [5.41, 5.74) is -0.369. The Balaban J connectivity index is 1.58. The number of nitrogens with zero attached hydrogens (tertiary/aromatic N) is 2. The van der Waals surface area contributed by atoms with Gasteiger partial charge in [0.1, 0.15) is 12.3 Å². The lowest BCUT2D eigenvalue weighted by molar-refractivity contribution is -0.282. The van der Waals surface area contributed by atoms with E-state index < -0.39 is 36.3 Å². The number of aryl methyl sites for hydroxylation is 1. The molecule has 2 aliphatic carbocycles. The summed E-state index contributed by atoms with van der Waals surface area (Å²) in [4.78, 5) is 26.1. The van der Waals surface area contributed by atoms with Gasteiger partial charge in [-0.2, -0.15) is 0 Å². The summed E-state index contributed by atoms with van der Waals surface area (Å²) in [5.74, 6) is -1.32. The van der Waals surface area contributed by atoms with Crippen molar-refractivity contribution in [3.63, 3.8) is 0 Å². The van der Waals surface area contributed by atoms with Crippen LogP contribution in [0.1, 0.15) is 95.3 Å². The van der Waals surface area contributed by atoms with E-state index in [-0.39, 0.29) is 24.8 Å². The van der Waals surface area contributed by atoms with Crippen LogP contribution in [0.2, 0.25) is 0 Å². The zero-order valence-corrected chi connectivity index (χ0v) is 23.3. The van der Waals surface area contributed by atoms with E-state index in [1.54, 1.807) is 27.3 Å². The van der Waals surface area contributed by atoms with Gasteiger partial charge in [-0.25, -0.2) is 4.79 Å². The van der Waals surface area contributed by atoms with Gasteiger partial charge in [0, 0.05) is 64.6 Å². The molecule has 10 heteroatoms. The lowest BCUT2D eigenvalue weighted by Crippen LogP contribution is -2.45. The molecule has 2 heterocycles. The van der Waals surface area contributed by atoms with Crippen LogP contribution in [0.15, 0.2) is 15.8 Å². The normalized spacial score (nSPS) is 27.0. The van der Waals surface area contributed by atoms with Crippen molar-refractivity contribution in [3.8, 4) is 0 Å². The van der Waals surface area contributed by atoms with Gasteiger partial charge >= 0.3 is 5.69 Å². The summed E-state index contributed by atoms with van der Waals surface area (Å²) < 4.78 is 46.6. The van der Waals surface area contributed by atoms with Gasteiger partial charge in [-0.3, -0.25) is 18.3 Å². The Morgan fingerprint density at radius 1 is 0.974 bits per heavy atom. The van der Waals surface area contributed by atoms with E-state index in [2.05, 4.69) is 0 Å². The third-order valence-electron chi connectivity index (χ3n) is 8.47. The number of methoxy groups -OCH3 is 2. The Kier molecular flexibility index (Phi) is 10.2. The molecular formula is C28H45FN2O7. The highest BCUT2D eigenvalue weighted by Gasteiger charge is 2.45. The van der Waals surface area contributed by atoms with E-state index in [9.17, 15) is 14.0 Å². The molecule has 0 unspecified atom stereocenters. The molecular weight excluding hydrogens is 495 g/mol. The zero-order valence-electron chi connectivity index (χ0n) is 23.3. The Labute approximate surface area is 224 Å². The smallest absolute Gasteiger partial charge is 0.333 e. The Hall–Kier alpha value is -1.59. The van der Waals surface area contributed by atoms with Crippen LogP contribution in [0.3, 0.4) is 0 Å². The van der Waals surface area contributed by atoms with Crippen molar-refractivity contribution >= 4 is 0 Å². The summed E-state index contributed by atoms with van der Waals surface area (Å²) in [7, 11) is 3.38. The van der Waals surface area contributed by atoms with E-state index in [0.29, 0.717) is 24.8 Å². The van der Waals surface area contributed by atoms with Crippen LogP contribution in [0.4, 0.5) is 4.39 Å². The summed E-state index contributed by atoms with van der Waals surface area (Å²) in [6.45, 7) is 1.64. The first-order valence-corrected chi connectivity index (χ1v) is 14.3. The predicted octanol–water partition coefficient (Wildman–Crippen LogP) is 4.37. The fourth-order valence-corrected chi connectivity index (χ4v) is 6.14. The minimum absolute atomic E-state index is 0.172. The lowest BCUT2D eigenvalue weighted by Gasteiger charge is -2.40. The van der Waals surface area contributed by atoms with E-state index in [1.807, 2.05) is 0 Å². The monoisotopic (exact) mass is 540 g/mol. The molecule has 3 atom stereocenters. The fraction of sp³-hybridized carbons (Fsp3) is 0.857. The number of hydrogen-bond donors (Lipinski definition) is 0. The fourth-order valence-electron chi connectivity index (χ4n) is 6.14. The van der Waals surface area contributed by atoms with Crippen LogP contribution in [0, 0.1) is 6.92 Å². The van der Waals surface area contributed by atoms with Crippen molar-refractivity contribution in [2.45, 2.75) is 127 Å². The van der Waals surface area contributed by atoms with Gasteiger partial charge in [-0.15, -0.1) is 0 Å². The summed E-state index contributed by atoms with van der Waals surface area (Å²) in [5, 5.41) is 0. The number of halogens is 1. The molecule has 0 bridgehead atoms. The minimum atomic E-state index is -0.685. The maximum atomic E-state index is 13.4. The first kappa shape index (κ1) is 29.4. The maximum absolute atomic E-state index is 13.4. The lowest BCUT2D eigenvalue weighted by atomic mass is 9.93. The number of hydrogen-bond acceptors (Lipinski definition) is 7. The molecule has 3 fully saturated rings. The van der Waals surface area contributed by atoms with Gasteiger partial charge in [0.15, 0.2) is 11.6 Å². The maximum Gasteiger partial charge on any atom is 0.333 e. The van der Waals surface area contributed by atoms with Crippen LogP contribution < -0.4 is 11.2 Å². The molecule has 3 aliphatic rings. The Morgan fingerprint density at radius 2 is 1.61 bits per heavy atom. The minimum Gasteiger partial charge on any atom is -0.353 e. The topological polar surface area (TPSA) is 90.2 Å². The molecule has 2 saturated carbocycles. The highest BCUT2D eigenvalue weighted by molar-refractivity contribution is 5.04. The van der Waals surface area contributed by atoms with Gasteiger partial charge in [0.2, 0.25) is 0 Å². The van der Waals surface area contributed by atoms with Crippen molar-refractivity contribution < 1.29 is 28.1 Å². The molecule has 1 saturated heterocycles. The van der Waals surface area contributed by atoms with Gasteiger partial charge in [0.05, 0.1) is 19.4 Å². The molecule has 0 amide bonds. The molecule has 0 radical (unpaired) electrons. The summed E-state index contributed by atoms with van der Waals surface area (Å²) in [6.07, 6.45) is 11.0. The summed E-state index contributed by atoms with van der Waals surface area (Å²) >= 11 is 0. The van der Waals surface area contributed by atoms with E-state index >= 15 is 0 Å². The van der Waals surface area contributed by atoms with Crippen molar-refractivity contribution in [3.05, 3.63) is 32.6 Å². The van der Waals surface area contributed by atoms with Crippen LogP contribution >= 0.6 is 0 Å². The molecule has 1 aromatic rings. The first-order valence-electron chi connectivity index (χ1n) is 14.3. The third-order valence-corrected chi connectivity index (χ3v) is 8.47. The zero-order chi connectivity index (χ0) is 27.2. The quantitative estimate of drug-likeness (QED) is 0.287. The van der Waals surface area contributed by atoms with E-state index in [0.717, 1.165) is 57.8 Å². The Morgan fingerprint density at radius 3 is 2.21 bits per heavy atom. The first-order chi connectivity index (χ1) is 18.4. The van der Waals surface area contributed by atoms with Crippen molar-refractivity contribution in [2.24, 2.45) is 0 Å². The molecule has 1 aromatic heterocycles. The molecule has 4 rings (SSSR count). The highest BCUT2D eigenvalue weighted by Crippen LogP contribution is 2.40.